The topological polar surface area (TPSA) is 61.0 Å². The maximum Gasteiger partial charge on any atom is 0.123 e. The highest BCUT2D eigenvalue weighted by Crippen LogP contribution is 2.31. The molecule has 0 saturated carbocycles. The minimum Gasteiger partial charge on any atom is -0.488 e. The van der Waals surface area contributed by atoms with E-state index in [0.717, 1.165) is 23.4 Å². The van der Waals surface area contributed by atoms with Crippen LogP contribution >= 0.6 is 0 Å². The fraction of sp³-hybridized carbons (Fsp3) is 0.231. The second-order valence-corrected chi connectivity index (χ2v) is 4.09. The molecule has 0 amide bonds. The first-order valence-corrected chi connectivity index (χ1v) is 5.63. The van der Waals surface area contributed by atoms with Gasteiger partial charge in [0, 0.05) is 30.9 Å². The standard InChI is InChI=1S/C13H13N3O/c14-7-11-6-10-5-9(1-2-13(10)17-11)12-8-15-3-4-16-12/h1-5,8,11H,6-7,14H2. The molecule has 17 heavy (non-hydrogen) atoms. The first-order chi connectivity index (χ1) is 8.36. The summed E-state index contributed by atoms with van der Waals surface area (Å²) in [6.45, 7) is 0.551. The summed E-state index contributed by atoms with van der Waals surface area (Å²) in [4.78, 5) is 8.36. The smallest absolute Gasteiger partial charge is 0.123 e. The van der Waals surface area contributed by atoms with E-state index in [1.807, 2.05) is 12.1 Å². The second-order valence-electron chi connectivity index (χ2n) is 4.09. The van der Waals surface area contributed by atoms with Gasteiger partial charge in [-0.3, -0.25) is 9.97 Å². The van der Waals surface area contributed by atoms with E-state index < -0.39 is 0 Å². The molecule has 2 heterocycles. The Morgan fingerprint density at radius 1 is 1.35 bits per heavy atom. The number of fused-ring (bicyclic) bond motifs is 1. The average Bonchev–Trinajstić information content (AvgIpc) is 2.81. The van der Waals surface area contributed by atoms with Crippen molar-refractivity contribution in [3.05, 3.63) is 42.4 Å². The number of benzene rings is 1. The molecule has 0 bridgehead atoms. The van der Waals surface area contributed by atoms with Crippen molar-refractivity contribution >= 4 is 0 Å². The van der Waals surface area contributed by atoms with Gasteiger partial charge < -0.3 is 10.5 Å². The number of ether oxygens (including phenoxy) is 1. The van der Waals surface area contributed by atoms with Crippen molar-refractivity contribution in [1.82, 2.24) is 9.97 Å². The molecule has 0 spiro atoms. The predicted octanol–water partition coefficient (Wildman–Crippen LogP) is 1.41. The molecule has 86 valence electrons. The zero-order valence-electron chi connectivity index (χ0n) is 9.34. The minimum atomic E-state index is 0.113. The highest BCUT2D eigenvalue weighted by atomic mass is 16.5. The summed E-state index contributed by atoms with van der Waals surface area (Å²) >= 11 is 0. The predicted molar refractivity (Wildman–Crippen MR) is 64.6 cm³/mol. The van der Waals surface area contributed by atoms with Crippen LogP contribution in [-0.2, 0) is 6.42 Å². The summed E-state index contributed by atoms with van der Waals surface area (Å²) in [5, 5.41) is 0. The molecule has 0 fully saturated rings. The van der Waals surface area contributed by atoms with Crippen LogP contribution in [0.1, 0.15) is 5.56 Å². The Labute approximate surface area is 99.5 Å². The third-order valence-electron chi connectivity index (χ3n) is 2.92. The zero-order chi connectivity index (χ0) is 11.7. The molecular formula is C13H13N3O. The molecule has 0 saturated heterocycles. The highest BCUT2D eigenvalue weighted by Gasteiger charge is 2.21. The van der Waals surface area contributed by atoms with E-state index in [9.17, 15) is 0 Å². The summed E-state index contributed by atoms with van der Waals surface area (Å²) < 4.78 is 5.69. The van der Waals surface area contributed by atoms with Crippen molar-refractivity contribution in [3.63, 3.8) is 0 Å². The van der Waals surface area contributed by atoms with Crippen molar-refractivity contribution in [2.75, 3.05) is 6.54 Å². The van der Waals surface area contributed by atoms with Crippen LogP contribution in [0, 0.1) is 0 Å². The maximum absolute atomic E-state index is 5.69. The van der Waals surface area contributed by atoms with Gasteiger partial charge in [0.25, 0.3) is 0 Å². The van der Waals surface area contributed by atoms with E-state index in [4.69, 9.17) is 10.5 Å². The van der Waals surface area contributed by atoms with Crippen LogP contribution in [0.3, 0.4) is 0 Å². The van der Waals surface area contributed by atoms with Gasteiger partial charge >= 0.3 is 0 Å². The Balaban J connectivity index is 1.96. The van der Waals surface area contributed by atoms with E-state index in [1.54, 1.807) is 18.6 Å². The maximum atomic E-state index is 5.69. The Bertz CT molecular complexity index is 527. The molecule has 2 N–H and O–H groups in total. The third-order valence-corrected chi connectivity index (χ3v) is 2.92. The molecule has 3 rings (SSSR count). The lowest BCUT2D eigenvalue weighted by Gasteiger charge is -2.05. The van der Waals surface area contributed by atoms with E-state index in [1.165, 1.54) is 5.56 Å². The highest BCUT2D eigenvalue weighted by molar-refractivity contribution is 5.61. The van der Waals surface area contributed by atoms with Crippen molar-refractivity contribution in [2.24, 2.45) is 5.73 Å². The van der Waals surface area contributed by atoms with E-state index in [0.29, 0.717) is 6.54 Å². The average molecular weight is 227 g/mol. The van der Waals surface area contributed by atoms with Crippen LogP contribution in [0.2, 0.25) is 0 Å². The lowest BCUT2D eigenvalue weighted by atomic mass is 10.0. The van der Waals surface area contributed by atoms with E-state index in [2.05, 4.69) is 16.0 Å². The molecule has 0 aliphatic carbocycles. The summed E-state index contributed by atoms with van der Waals surface area (Å²) in [5.74, 6) is 0.938. The molecule has 1 aliphatic heterocycles. The number of aromatic nitrogens is 2. The van der Waals surface area contributed by atoms with Gasteiger partial charge in [-0.15, -0.1) is 0 Å². The first kappa shape index (κ1) is 10.2. The monoisotopic (exact) mass is 227 g/mol. The van der Waals surface area contributed by atoms with Crippen LogP contribution in [-0.4, -0.2) is 22.6 Å². The molecule has 1 aliphatic rings. The molecule has 2 aromatic rings. The Kier molecular flexibility index (Phi) is 2.49. The number of hydrogen-bond donors (Lipinski definition) is 1. The van der Waals surface area contributed by atoms with E-state index in [-0.39, 0.29) is 6.10 Å². The van der Waals surface area contributed by atoms with Gasteiger partial charge in [-0.25, -0.2) is 0 Å². The van der Waals surface area contributed by atoms with Crippen LogP contribution < -0.4 is 10.5 Å². The second kappa shape index (κ2) is 4.14. The van der Waals surface area contributed by atoms with Gasteiger partial charge in [0.2, 0.25) is 0 Å². The van der Waals surface area contributed by atoms with Crippen molar-refractivity contribution in [3.8, 4) is 17.0 Å². The fourth-order valence-electron chi connectivity index (χ4n) is 2.06. The molecule has 0 radical (unpaired) electrons. The van der Waals surface area contributed by atoms with Gasteiger partial charge in [0.15, 0.2) is 0 Å². The summed E-state index contributed by atoms with van der Waals surface area (Å²) in [6, 6.07) is 6.09. The summed E-state index contributed by atoms with van der Waals surface area (Å²) in [6.07, 6.45) is 6.12. The van der Waals surface area contributed by atoms with Crippen molar-refractivity contribution < 1.29 is 4.74 Å². The van der Waals surface area contributed by atoms with Crippen LogP contribution in [0.15, 0.2) is 36.8 Å². The van der Waals surface area contributed by atoms with Crippen LogP contribution in [0.25, 0.3) is 11.3 Å². The number of nitrogens with zero attached hydrogens (tertiary/aromatic N) is 2. The Morgan fingerprint density at radius 3 is 3.06 bits per heavy atom. The lowest BCUT2D eigenvalue weighted by molar-refractivity contribution is 0.241. The van der Waals surface area contributed by atoms with Gasteiger partial charge in [0.1, 0.15) is 11.9 Å². The number of hydrogen-bond acceptors (Lipinski definition) is 4. The zero-order valence-corrected chi connectivity index (χ0v) is 9.34. The van der Waals surface area contributed by atoms with Gasteiger partial charge in [-0.05, 0) is 23.8 Å². The number of rotatable bonds is 2. The van der Waals surface area contributed by atoms with E-state index >= 15 is 0 Å². The van der Waals surface area contributed by atoms with Crippen LogP contribution in [0.5, 0.6) is 5.75 Å². The molecule has 1 aromatic heterocycles. The van der Waals surface area contributed by atoms with Gasteiger partial charge in [-0.2, -0.15) is 0 Å². The van der Waals surface area contributed by atoms with Gasteiger partial charge in [-0.1, -0.05) is 0 Å². The Morgan fingerprint density at radius 2 is 2.29 bits per heavy atom. The minimum absolute atomic E-state index is 0.113. The lowest BCUT2D eigenvalue weighted by Crippen LogP contribution is -2.24. The molecule has 4 heteroatoms. The molecule has 1 atom stereocenters. The SMILES string of the molecule is NCC1Cc2cc(-c3cnccn3)ccc2O1. The Hall–Kier alpha value is -1.94. The number of nitrogens with two attached hydrogens (primary N) is 1. The fourth-order valence-corrected chi connectivity index (χ4v) is 2.06. The largest absolute Gasteiger partial charge is 0.488 e. The molecule has 4 nitrogen and oxygen atoms in total. The normalized spacial score (nSPS) is 17.6. The van der Waals surface area contributed by atoms with Crippen LogP contribution in [0.4, 0.5) is 0 Å². The summed E-state index contributed by atoms with van der Waals surface area (Å²) in [7, 11) is 0. The summed E-state index contributed by atoms with van der Waals surface area (Å²) in [5.41, 5.74) is 8.76. The van der Waals surface area contributed by atoms with Gasteiger partial charge in [0.05, 0.1) is 11.9 Å². The molecule has 1 aromatic carbocycles. The quantitative estimate of drug-likeness (QED) is 0.842. The molecule has 1 unspecified atom stereocenters. The molecular weight excluding hydrogens is 214 g/mol. The van der Waals surface area contributed by atoms with Crippen molar-refractivity contribution in [1.29, 1.82) is 0 Å². The van der Waals surface area contributed by atoms with Crippen molar-refractivity contribution in [2.45, 2.75) is 12.5 Å². The first-order valence-electron chi connectivity index (χ1n) is 5.63. The third kappa shape index (κ3) is 1.87.